The maximum absolute atomic E-state index is 12.1. The van der Waals surface area contributed by atoms with Gasteiger partial charge in [0.1, 0.15) is 6.04 Å². The Morgan fingerprint density at radius 1 is 1.57 bits per heavy atom. The molecule has 1 aromatic heterocycles. The fraction of sp³-hybridized carbons (Fsp3) is 0.357. The zero-order chi connectivity index (χ0) is 15.4. The molecule has 6 nitrogen and oxygen atoms in total. The minimum Gasteiger partial charge on any atom is -0.340 e. The number of carbonyl (C=O) groups is 3. The van der Waals surface area contributed by atoms with E-state index in [9.17, 15) is 14.4 Å². The van der Waals surface area contributed by atoms with Gasteiger partial charge in [-0.05, 0) is 12.5 Å². The van der Waals surface area contributed by atoms with Crippen LogP contribution in [-0.4, -0.2) is 42.3 Å². The number of piperidine rings is 1. The maximum atomic E-state index is 12.1. The van der Waals surface area contributed by atoms with E-state index in [-0.39, 0.29) is 30.7 Å². The van der Waals surface area contributed by atoms with Gasteiger partial charge in [0.15, 0.2) is 0 Å². The molecule has 2 rings (SSSR count). The summed E-state index contributed by atoms with van der Waals surface area (Å²) in [5.41, 5.74) is 5.74. The lowest BCUT2D eigenvalue weighted by Crippen LogP contribution is -2.52. The summed E-state index contributed by atoms with van der Waals surface area (Å²) < 4.78 is 0. The monoisotopic (exact) mass is 305 g/mol. The molecule has 0 spiro atoms. The number of imide groups is 1. The predicted molar refractivity (Wildman–Crippen MR) is 78.5 cm³/mol. The number of likely N-dealkylation sites (N-methyl/N-ethyl adjacent to an activating group) is 1. The number of nitrogens with zero attached hydrogens (tertiary/aromatic N) is 1. The molecule has 3 N–H and O–H groups in total. The Hall–Kier alpha value is -2.17. The first-order chi connectivity index (χ1) is 10.0. The Labute approximate surface area is 126 Å². The van der Waals surface area contributed by atoms with Crippen LogP contribution in [0.2, 0.25) is 0 Å². The highest BCUT2D eigenvalue weighted by Gasteiger charge is 2.32. The minimum absolute atomic E-state index is 0.222. The summed E-state index contributed by atoms with van der Waals surface area (Å²) in [7, 11) is 1.42. The number of carbonyl (C=O) groups excluding carboxylic acids is 3. The summed E-state index contributed by atoms with van der Waals surface area (Å²) in [5, 5.41) is 4.34. The van der Waals surface area contributed by atoms with E-state index < -0.39 is 6.04 Å². The van der Waals surface area contributed by atoms with Crippen molar-refractivity contribution in [2.24, 2.45) is 5.73 Å². The van der Waals surface area contributed by atoms with Crippen molar-refractivity contribution >= 4 is 29.1 Å². The SMILES string of the molecule is CN1C(=O)CCC(NC(=O)c2csc(C#CCN)c2)C1=O. The maximum Gasteiger partial charge on any atom is 0.252 e. The molecule has 1 saturated heterocycles. The van der Waals surface area contributed by atoms with Crippen LogP contribution < -0.4 is 11.1 Å². The van der Waals surface area contributed by atoms with E-state index in [1.165, 1.54) is 18.4 Å². The summed E-state index contributed by atoms with van der Waals surface area (Å²) in [6.45, 7) is 0.260. The number of hydrogen-bond donors (Lipinski definition) is 2. The van der Waals surface area contributed by atoms with Gasteiger partial charge in [-0.15, -0.1) is 11.3 Å². The Bertz CT molecular complexity index is 641. The van der Waals surface area contributed by atoms with Crippen molar-refractivity contribution in [1.29, 1.82) is 0 Å². The number of amides is 3. The van der Waals surface area contributed by atoms with Crippen molar-refractivity contribution in [3.8, 4) is 11.8 Å². The Balaban J connectivity index is 2.03. The Morgan fingerprint density at radius 2 is 2.33 bits per heavy atom. The fourth-order valence-electron chi connectivity index (χ4n) is 1.95. The van der Waals surface area contributed by atoms with Gasteiger partial charge in [0, 0.05) is 18.8 Å². The number of nitrogens with two attached hydrogens (primary N) is 1. The van der Waals surface area contributed by atoms with Gasteiger partial charge in [0.05, 0.1) is 17.0 Å². The minimum atomic E-state index is -0.654. The van der Waals surface area contributed by atoms with Crippen LogP contribution in [0.4, 0.5) is 0 Å². The second kappa shape index (κ2) is 6.52. The molecule has 110 valence electrons. The smallest absolute Gasteiger partial charge is 0.252 e. The lowest BCUT2D eigenvalue weighted by molar-refractivity contribution is -0.147. The highest BCUT2D eigenvalue weighted by molar-refractivity contribution is 7.10. The molecule has 1 aliphatic heterocycles. The zero-order valence-corrected chi connectivity index (χ0v) is 12.3. The molecule has 21 heavy (non-hydrogen) atoms. The van der Waals surface area contributed by atoms with Crippen LogP contribution in [-0.2, 0) is 9.59 Å². The molecule has 1 unspecified atom stereocenters. The Morgan fingerprint density at radius 3 is 3.05 bits per heavy atom. The molecular formula is C14H15N3O3S. The van der Waals surface area contributed by atoms with Crippen molar-refractivity contribution in [3.63, 3.8) is 0 Å². The first-order valence-electron chi connectivity index (χ1n) is 6.41. The van der Waals surface area contributed by atoms with Crippen LogP contribution in [0.5, 0.6) is 0 Å². The lowest BCUT2D eigenvalue weighted by atomic mass is 10.0. The molecule has 2 heterocycles. The third-order valence-electron chi connectivity index (χ3n) is 3.13. The number of rotatable bonds is 2. The van der Waals surface area contributed by atoms with E-state index in [0.717, 1.165) is 9.78 Å². The average molecular weight is 305 g/mol. The molecule has 0 saturated carbocycles. The van der Waals surface area contributed by atoms with Crippen LogP contribution in [0.3, 0.4) is 0 Å². The number of hydrogen-bond acceptors (Lipinski definition) is 5. The van der Waals surface area contributed by atoms with Crippen LogP contribution in [0.1, 0.15) is 28.1 Å². The van der Waals surface area contributed by atoms with Gasteiger partial charge in [0.2, 0.25) is 5.91 Å². The summed E-state index contributed by atoms with van der Waals surface area (Å²) in [6.07, 6.45) is 0.585. The fourth-order valence-corrected chi connectivity index (χ4v) is 2.71. The topological polar surface area (TPSA) is 92.5 Å². The van der Waals surface area contributed by atoms with Gasteiger partial charge in [-0.2, -0.15) is 0 Å². The third kappa shape index (κ3) is 3.48. The predicted octanol–water partition coefficient (Wildman–Crippen LogP) is -0.0645. The normalized spacial score (nSPS) is 18.2. The Kier molecular flexibility index (Phi) is 4.73. The molecule has 0 aliphatic carbocycles. The summed E-state index contributed by atoms with van der Waals surface area (Å²) in [6, 6.07) is 1.00. The van der Waals surface area contributed by atoms with Crippen molar-refractivity contribution in [2.75, 3.05) is 13.6 Å². The number of thiophene rings is 1. The van der Waals surface area contributed by atoms with Crippen LogP contribution >= 0.6 is 11.3 Å². The largest absolute Gasteiger partial charge is 0.340 e. The molecular weight excluding hydrogens is 290 g/mol. The van der Waals surface area contributed by atoms with Crippen LogP contribution in [0.25, 0.3) is 0 Å². The molecule has 1 atom stereocenters. The van der Waals surface area contributed by atoms with E-state index in [1.54, 1.807) is 11.4 Å². The first-order valence-corrected chi connectivity index (χ1v) is 7.29. The zero-order valence-electron chi connectivity index (χ0n) is 11.5. The van der Waals surface area contributed by atoms with E-state index in [2.05, 4.69) is 17.2 Å². The summed E-state index contributed by atoms with van der Waals surface area (Å²) >= 11 is 1.34. The molecule has 3 amide bonds. The van der Waals surface area contributed by atoms with Gasteiger partial charge < -0.3 is 11.1 Å². The highest BCUT2D eigenvalue weighted by atomic mass is 32.1. The summed E-state index contributed by atoms with van der Waals surface area (Å²) in [5.74, 6) is 4.62. The molecule has 1 aromatic rings. The molecule has 1 aliphatic rings. The van der Waals surface area contributed by atoms with Gasteiger partial charge in [-0.25, -0.2) is 0 Å². The molecule has 0 bridgehead atoms. The number of nitrogens with one attached hydrogen (secondary N) is 1. The van der Waals surface area contributed by atoms with E-state index in [1.807, 2.05) is 0 Å². The van der Waals surface area contributed by atoms with Crippen molar-refractivity contribution < 1.29 is 14.4 Å². The van der Waals surface area contributed by atoms with Crippen LogP contribution in [0, 0.1) is 11.8 Å². The lowest BCUT2D eigenvalue weighted by Gasteiger charge is -2.28. The van der Waals surface area contributed by atoms with E-state index >= 15 is 0 Å². The highest BCUT2D eigenvalue weighted by Crippen LogP contribution is 2.16. The van der Waals surface area contributed by atoms with Gasteiger partial charge in [-0.3, -0.25) is 19.3 Å². The second-order valence-electron chi connectivity index (χ2n) is 4.56. The average Bonchev–Trinajstić information content (AvgIpc) is 2.94. The quantitative estimate of drug-likeness (QED) is 0.591. The van der Waals surface area contributed by atoms with Gasteiger partial charge >= 0.3 is 0 Å². The first kappa shape index (κ1) is 15.2. The standard InChI is InChI=1S/C14H15N3O3S/c1-17-12(18)5-4-11(14(17)20)16-13(19)9-7-10(21-8-9)3-2-6-15/h7-8,11H,4-6,15H2,1H3,(H,16,19). The van der Waals surface area contributed by atoms with E-state index in [4.69, 9.17) is 5.73 Å². The van der Waals surface area contributed by atoms with Crippen molar-refractivity contribution in [1.82, 2.24) is 10.2 Å². The van der Waals surface area contributed by atoms with Gasteiger partial charge in [0.25, 0.3) is 11.8 Å². The van der Waals surface area contributed by atoms with Crippen molar-refractivity contribution in [2.45, 2.75) is 18.9 Å². The molecule has 0 radical (unpaired) electrons. The molecule has 0 aromatic carbocycles. The van der Waals surface area contributed by atoms with Crippen molar-refractivity contribution in [3.05, 3.63) is 21.9 Å². The second-order valence-corrected chi connectivity index (χ2v) is 5.47. The van der Waals surface area contributed by atoms with Gasteiger partial charge in [-0.1, -0.05) is 11.8 Å². The molecule has 7 heteroatoms. The van der Waals surface area contributed by atoms with E-state index in [0.29, 0.717) is 12.0 Å². The third-order valence-corrected chi connectivity index (χ3v) is 3.98. The summed E-state index contributed by atoms with van der Waals surface area (Å²) in [4.78, 5) is 37.2. The number of likely N-dealkylation sites (tertiary alicyclic amines) is 1. The molecule has 1 fully saturated rings. The van der Waals surface area contributed by atoms with Crippen LogP contribution in [0.15, 0.2) is 11.4 Å².